The molecule has 0 saturated carbocycles. The fourth-order valence-electron chi connectivity index (χ4n) is 1.48. The van der Waals surface area contributed by atoms with E-state index < -0.39 is 0 Å². The first-order valence-corrected chi connectivity index (χ1v) is 5.03. The lowest BCUT2D eigenvalue weighted by molar-refractivity contribution is 0.402. The van der Waals surface area contributed by atoms with Crippen LogP contribution in [0.1, 0.15) is 24.9 Å². The van der Waals surface area contributed by atoms with E-state index in [9.17, 15) is 0 Å². The molecule has 0 aliphatic carbocycles. The molecule has 1 aromatic rings. The molecule has 1 N–H and O–H groups in total. The van der Waals surface area contributed by atoms with E-state index in [1.807, 2.05) is 24.3 Å². The van der Waals surface area contributed by atoms with Crippen molar-refractivity contribution in [1.82, 2.24) is 5.32 Å². The Hall–Kier alpha value is -1.53. The van der Waals surface area contributed by atoms with Crippen molar-refractivity contribution in [2.24, 2.45) is 0 Å². The van der Waals surface area contributed by atoms with Crippen molar-refractivity contribution in [3.8, 4) is 11.8 Å². The number of para-hydroxylation sites is 1. The van der Waals surface area contributed by atoms with Gasteiger partial charge >= 0.3 is 0 Å². The van der Waals surface area contributed by atoms with Crippen LogP contribution in [0.5, 0.6) is 5.75 Å². The highest BCUT2D eigenvalue weighted by molar-refractivity contribution is 5.35. The summed E-state index contributed by atoms with van der Waals surface area (Å²) in [6.07, 6.45) is 0.527. The number of hydrogen-bond donors (Lipinski definition) is 1. The smallest absolute Gasteiger partial charge is 0.123 e. The molecule has 1 atom stereocenters. The lowest BCUT2D eigenvalue weighted by Gasteiger charge is -2.16. The Morgan fingerprint density at radius 3 is 2.87 bits per heavy atom. The standard InChI is InChI=1S/C12H16N2O/c1-10(14-9-5-8-13)11-6-3-4-7-12(11)15-2/h3-4,6-7,10,14H,5,9H2,1-2H3/t10-/m1/s1. The van der Waals surface area contributed by atoms with Crippen molar-refractivity contribution in [3.05, 3.63) is 29.8 Å². The van der Waals surface area contributed by atoms with Gasteiger partial charge in [-0.15, -0.1) is 0 Å². The van der Waals surface area contributed by atoms with Gasteiger partial charge in [-0.05, 0) is 13.0 Å². The monoisotopic (exact) mass is 204 g/mol. The van der Waals surface area contributed by atoms with Crippen LogP contribution in [0, 0.1) is 11.3 Å². The average molecular weight is 204 g/mol. The van der Waals surface area contributed by atoms with Crippen LogP contribution < -0.4 is 10.1 Å². The van der Waals surface area contributed by atoms with Crippen LogP contribution >= 0.6 is 0 Å². The quantitative estimate of drug-likeness (QED) is 0.748. The van der Waals surface area contributed by atoms with E-state index in [2.05, 4.69) is 18.3 Å². The molecule has 0 aliphatic heterocycles. The predicted octanol–water partition coefficient (Wildman–Crippen LogP) is 2.26. The second kappa shape index (κ2) is 6.05. The molecule has 0 aromatic heterocycles. The van der Waals surface area contributed by atoms with Gasteiger partial charge in [0.15, 0.2) is 0 Å². The largest absolute Gasteiger partial charge is 0.496 e. The molecule has 0 heterocycles. The van der Waals surface area contributed by atoms with Gasteiger partial charge in [-0.25, -0.2) is 0 Å². The van der Waals surface area contributed by atoms with Gasteiger partial charge in [0, 0.05) is 24.6 Å². The Kier molecular flexibility index (Phi) is 4.65. The van der Waals surface area contributed by atoms with Gasteiger partial charge in [-0.2, -0.15) is 5.26 Å². The minimum atomic E-state index is 0.203. The van der Waals surface area contributed by atoms with Gasteiger partial charge in [-0.3, -0.25) is 0 Å². The molecule has 1 rings (SSSR count). The molecule has 0 radical (unpaired) electrons. The van der Waals surface area contributed by atoms with Crippen molar-refractivity contribution in [2.45, 2.75) is 19.4 Å². The molecule has 15 heavy (non-hydrogen) atoms. The normalized spacial score (nSPS) is 11.8. The minimum absolute atomic E-state index is 0.203. The van der Waals surface area contributed by atoms with Crippen LogP contribution in [-0.2, 0) is 0 Å². The second-order valence-electron chi connectivity index (χ2n) is 3.33. The Morgan fingerprint density at radius 1 is 1.47 bits per heavy atom. The summed E-state index contributed by atoms with van der Waals surface area (Å²) in [6, 6.07) is 10.2. The van der Waals surface area contributed by atoms with Crippen LogP contribution in [0.4, 0.5) is 0 Å². The maximum Gasteiger partial charge on any atom is 0.123 e. The summed E-state index contributed by atoms with van der Waals surface area (Å²) in [4.78, 5) is 0. The van der Waals surface area contributed by atoms with E-state index in [0.29, 0.717) is 13.0 Å². The van der Waals surface area contributed by atoms with E-state index in [0.717, 1.165) is 11.3 Å². The van der Waals surface area contributed by atoms with Gasteiger partial charge in [0.1, 0.15) is 5.75 Å². The van der Waals surface area contributed by atoms with Gasteiger partial charge in [0.05, 0.1) is 13.2 Å². The number of ether oxygens (including phenoxy) is 1. The Morgan fingerprint density at radius 2 is 2.20 bits per heavy atom. The van der Waals surface area contributed by atoms with Crippen molar-refractivity contribution >= 4 is 0 Å². The van der Waals surface area contributed by atoms with Crippen molar-refractivity contribution in [3.63, 3.8) is 0 Å². The molecule has 3 nitrogen and oxygen atoms in total. The molecule has 0 amide bonds. The van der Waals surface area contributed by atoms with Gasteiger partial charge in [-0.1, -0.05) is 18.2 Å². The van der Waals surface area contributed by atoms with Crippen molar-refractivity contribution < 1.29 is 4.74 Å². The summed E-state index contributed by atoms with van der Waals surface area (Å²) in [5, 5.41) is 11.7. The first-order chi connectivity index (χ1) is 7.29. The zero-order valence-corrected chi connectivity index (χ0v) is 9.16. The van der Waals surface area contributed by atoms with Crippen LogP contribution in [0.15, 0.2) is 24.3 Å². The summed E-state index contributed by atoms with van der Waals surface area (Å²) >= 11 is 0. The number of hydrogen-bond acceptors (Lipinski definition) is 3. The molecule has 0 saturated heterocycles. The molecule has 3 heteroatoms. The first kappa shape index (κ1) is 11.5. The Bertz CT molecular complexity index is 344. The topological polar surface area (TPSA) is 45.0 Å². The SMILES string of the molecule is COc1ccccc1[C@@H](C)NCCC#N. The van der Waals surface area contributed by atoms with E-state index in [1.165, 1.54) is 0 Å². The summed E-state index contributed by atoms with van der Waals surface area (Å²) in [6.45, 7) is 2.77. The number of nitrogens with zero attached hydrogens (tertiary/aromatic N) is 1. The zero-order chi connectivity index (χ0) is 11.1. The molecular formula is C12H16N2O. The molecule has 1 aromatic carbocycles. The highest BCUT2D eigenvalue weighted by Crippen LogP contribution is 2.23. The van der Waals surface area contributed by atoms with E-state index in [1.54, 1.807) is 7.11 Å². The van der Waals surface area contributed by atoms with Gasteiger partial charge in [0.25, 0.3) is 0 Å². The van der Waals surface area contributed by atoms with Crippen LogP contribution in [0.2, 0.25) is 0 Å². The lowest BCUT2D eigenvalue weighted by Crippen LogP contribution is -2.20. The van der Waals surface area contributed by atoms with Crippen LogP contribution in [-0.4, -0.2) is 13.7 Å². The van der Waals surface area contributed by atoms with Crippen molar-refractivity contribution in [2.75, 3.05) is 13.7 Å². The summed E-state index contributed by atoms with van der Waals surface area (Å²) in [5.41, 5.74) is 1.12. The Labute approximate surface area is 90.7 Å². The number of methoxy groups -OCH3 is 1. The average Bonchev–Trinajstić information content (AvgIpc) is 2.29. The van der Waals surface area contributed by atoms with Crippen LogP contribution in [0.25, 0.3) is 0 Å². The predicted molar refractivity (Wildman–Crippen MR) is 59.6 cm³/mol. The minimum Gasteiger partial charge on any atom is -0.496 e. The second-order valence-corrected chi connectivity index (χ2v) is 3.33. The van der Waals surface area contributed by atoms with E-state index >= 15 is 0 Å². The maximum absolute atomic E-state index is 8.44. The highest BCUT2D eigenvalue weighted by Gasteiger charge is 2.09. The maximum atomic E-state index is 8.44. The molecule has 0 spiro atoms. The molecule has 0 bridgehead atoms. The van der Waals surface area contributed by atoms with E-state index in [-0.39, 0.29) is 6.04 Å². The lowest BCUT2D eigenvalue weighted by atomic mass is 10.1. The molecular weight excluding hydrogens is 188 g/mol. The number of benzene rings is 1. The fraction of sp³-hybridized carbons (Fsp3) is 0.417. The summed E-state index contributed by atoms with van der Waals surface area (Å²) in [5.74, 6) is 0.884. The summed E-state index contributed by atoms with van der Waals surface area (Å²) in [7, 11) is 1.67. The molecule has 0 aliphatic rings. The third kappa shape index (κ3) is 3.26. The number of rotatable bonds is 5. The third-order valence-corrected chi connectivity index (χ3v) is 2.29. The van der Waals surface area contributed by atoms with Gasteiger partial charge < -0.3 is 10.1 Å². The number of nitrogens with one attached hydrogen (secondary N) is 1. The van der Waals surface area contributed by atoms with E-state index in [4.69, 9.17) is 10.00 Å². The zero-order valence-electron chi connectivity index (χ0n) is 9.16. The molecule has 0 fully saturated rings. The summed E-state index contributed by atoms with van der Waals surface area (Å²) < 4.78 is 5.27. The fourth-order valence-corrected chi connectivity index (χ4v) is 1.48. The van der Waals surface area contributed by atoms with Crippen molar-refractivity contribution in [1.29, 1.82) is 5.26 Å². The first-order valence-electron chi connectivity index (χ1n) is 5.03. The third-order valence-electron chi connectivity index (χ3n) is 2.29. The van der Waals surface area contributed by atoms with Crippen LogP contribution in [0.3, 0.4) is 0 Å². The number of nitriles is 1. The molecule has 0 unspecified atom stereocenters. The molecule has 80 valence electrons. The Balaban J connectivity index is 2.64. The van der Waals surface area contributed by atoms with Gasteiger partial charge in [0.2, 0.25) is 0 Å². The highest BCUT2D eigenvalue weighted by atomic mass is 16.5.